The SMILES string of the molecule is CCN1CCc2nc(NC(=O)c3ccc(N4CCC(C)=N4)cc3)sc2C1. The zero-order chi connectivity index (χ0) is 18.1. The van der Waals surface area contributed by atoms with Crippen molar-refractivity contribution in [3.8, 4) is 0 Å². The molecule has 0 unspecified atom stereocenters. The second kappa shape index (κ2) is 7.17. The van der Waals surface area contributed by atoms with Crippen molar-refractivity contribution < 1.29 is 4.79 Å². The first kappa shape index (κ1) is 17.2. The fraction of sp³-hybridized carbons (Fsp3) is 0.421. The first-order valence-electron chi connectivity index (χ1n) is 9.06. The van der Waals surface area contributed by atoms with Crippen LogP contribution in [0.25, 0.3) is 0 Å². The standard InChI is InChI=1S/C19H23N5OS/c1-3-23-10-9-16-17(12-23)26-19(20-16)21-18(25)14-4-6-15(7-5-14)24-11-8-13(2)22-24/h4-7H,3,8-12H2,1-2H3,(H,20,21,25). The van der Waals surface area contributed by atoms with Gasteiger partial charge in [0, 0.05) is 48.6 Å². The summed E-state index contributed by atoms with van der Waals surface area (Å²) >= 11 is 1.59. The number of carbonyl (C=O) groups excluding carboxylic acids is 1. The Labute approximate surface area is 157 Å². The van der Waals surface area contributed by atoms with Gasteiger partial charge in [-0.25, -0.2) is 4.98 Å². The lowest BCUT2D eigenvalue weighted by Gasteiger charge is -2.23. The van der Waals surface area contributed by atoms with Crippen LogP contribution in [-0.4, -0.2) is 41.1 Å². The second-order valence-corrected chi connectivity index (χ2v) is 7.80. The van der Waals surface area contributed by atoms with Crippen molar-refractivity contribution in [3.05, 3.63) is 40.4 Å². The van der Waals surface area contributed by atoms with Crippen LogP contribution in [0, 0.1) is 0 Å². The van der Waals surface area contributed by atoms with E-state index in [1.54, 1.807) is 11.3 Å². The fourth-order valence-electron chi connectivity index (χ4n) is 3.29. The maximum absolute atomic E-state index is 12.5. The van der Waals surface area contributed by atoms with Gasteiger partial charge in [0.05, 0.1) is 11.4 Å². The topological polar surface area (TPSA) is 60.8 Å². The summed E-state index contributed by atoms with van der Waals surface area (Å²) in [5.74, 6) is -0.115. The lowest BCUT2D eigenvalue weighted by molar-refractivity contribution is 0.102. The van der Waals surface area contributed by atoms with E-state index in [1.165, 1.54) is 4.88 Å². The quantitative estimate of drug-likeness (QED) is 0.898. The molecule has 0 atom stereocenters. The Hall–Kier alpha value is -2.25. The zero-order valence-corrected chi connectivity index (χ0v) is 16.0. The largest absolute Gasteiger partial charge is 0.298 e. The third-order valence-electron chi connectivity index (χ3n) is 4.88. The minimum absolute atomic E-state index is 0.115. The number of thiazole rings is 1. The number of fused-ring (bicyclic) bond motifs is 1. The van der Waals surface area contributed by atoms with Crippen LogP contribution in [-0.2, 0) is 13.0 Å². The Morgan fingerprint density at radius 2 is 2.04 bits per heavy atom. The third-order valence-corrected chi connectivity index (χ3v) is 5.88. The van der Waals surface area contributed by atoms with Gasteiger partial charge < -0.3 is 0 Å². The van der Waals surface area contributed by atoms with Gasteiger partial charge in [0.1, 0.15) is 0 Å². The number of rotatable bonds is 4. The first-order valence-corrected chi connectivity index (χ1v) is 9.88. The van der Waals surface area contributed by atoms with Crippen LogP contribution in [0.15, 0.2) is 29.4 Å². The van der Waals surface area contributed by atoms with Gasteiger partial charge in [0.25, 0.3) is 5.91 Å². The van der Waals surface area contributed by atoms with E-state index in [9.17, 15) is 4.79 Å². The Morgan fingerprint density at radius 3 is 2.73 bits per heavy atom. The van der Waals surface area contributed by atoms with E-state index in [0.29, 0.717) is 10.7 Å². The average Bonchev–Trinajstić information content (AvgIpc) is 3.26. The minimum atomic E-state index is -0.115. The molecule has 6 nitrogen and oxygen atoms in total. The van der Waals surface area contributed by atoms with Gasteiger partial charge in [0.2, 0.25) is 0 Å². The molecule has 3 heterocycles. The van der Waals surface area contributed by atoms with Crippen molar-refractivity contribution in [2.75, 3.05) is 30.0 Å². The van der Waals surface area contributed by atoms with Crippen LogP contribution in [0.4, 0.5) is 10.8 Å². The number of hydrazone groups is 1. The molecule has 0 spiro atoms. The van der Waals surface area contributed by atoms with Crippen LogP contribution in [0.2, 0.25) is 0 Å². The molecule has 26 heavy (non-hydrogen) atoms. The molecule has 1 aromatic carbocycles. The van der Waals surface area contributed by atoms with Gasteiger partial charge in [-0.1, -0.05) is 6.92 Å². The van der Waals surface area contributed by atoms with E-state index in [1.807, 2.05) is 36.2 Å². The first-order chi connectivity index (χ1) is 12.6. The molecule has 0 saturated carbocycles. The molecule has 0 aliphatic carbocycles. The minimum Gasteiger partial charge on any atom is -0.298 e. The van der Waals surface area contributed by atoms with E-state index in [0.717, 1.165) is 56.1 Å². The summed E-state index contributed by atoms with van der Waals surface area (Å²) in [5, 5.41) is 10.1. The van der Waals surface area contributed by atoms with Gasteiger partial charge >= 0.3 is 0 Å². The molecule has 0 bridgehead atoms. The van der Waals surface area contributed by atoms with E-state index in [2.05, 4.69) is 27.2 Å². The van der Waals surface area contributed by atoms with Gasteiger partial charge in [-0.05, 0) is 37.7 Å². The van der Waals surface area contributed by atoms with E-state index in [-0.39, 0.29) is 5.91 Å². The molecular weight excluding hydrogens is 346 g/mol. The number of hydrogen-bond acceptors (Lipinski definition) is 6. The predicted octanol–water partition coefficient (Wildman–Crippen LogP) is 3.36. The maximum Gasteiger partial charge on any atom is 0.257 e. The number of amides is 1. The lowest BCUT2D eigenvalue weighted by Crippen LogP contribution is -2.29. The smallest absolute Gasteiger partial charge is 0.257 e. The maximum atomic E-state index is 12.5. The highest BCUT2D eigenvalue weighted by atomic mass is 32.1. The Bertz CT molecular complexity index is 842. The molecule has 1 aromatic heterocycles. The number of carbonyl (C=O) groups is 1. The van der Waals surface area contributed by atoms with Crippen molar-refractivity contribution in [2.24, 2.45) is 5.10 Å². The molecule has 136 valence electrons. The highest BCUT2D eigenvalue weighted by Gasteiger charge is 2.21. The van der Waals surface area contributed by atoms with Gasteiger partial charge in [-0.3, -0.25) is 20.0 Å². The molecule has 2 aliphatic heterocycles. The predicted molar refractivity (Wildman–Crippen MR) is 106 cm³/mol. The Balaban J connectivity index is 1.43. The molecule has 0 fully saturated rings. The molecule has 0 radical (unpaired) electrons. The van der Waals surface area contributed by atoms with Crippen molar-refractivity contribution in [1.29, 1.82) is 0 Å². The van der Waals surface area contributed by atoms with E-state index < -0.39 is 0 Å². The highest BCUT2D eigenvalue weighted by molar-refractivity contribution is 7.15. The summed E-state index contributed by atoms with van der Waals surface area (Å²) in [4.78, 5) is 20.8. The van der Waals surface area contributed by atoms with Crippen molar-refractivity contribution in [3.63, 3.8) is 0 Å². The molecule has 1 N–H and O–H groups in total. The zero-order valence-electron chi connectivity index (χ0n) is 15.2. The van der Waals surface area contributed by atoms with Crippen LogP contribution >= 0.6 is 11.3 Å². The Morgan fingerprint density at radius 1 is 1.23 bits per heavy atom. The van der Waals surface area contributed by atoms with Crippen molar-refractivity contribution in [2.45, 2.75) is 33.2 Å². The highest BCUT2D eigenvalue weighted by Crippen LogP contribution is 2.28. The van der Waals surface area contributed by atoms with Crippen LogP contribution in [0.3, 0.4) is 0 Å². The van der Waals surface area contributed by atoms with Gasteiger partial charge in [0.15, 0.2) is 5.13 Å². The summed E-state index contributed by atoms with van der Waals surface area (Å²) in [6.07, 6.45) is 1.95. The molecule has 1 amide bonds. The average molecular weight is 369 g/mol. The summed E-state index contributed by atoms with van der Waals surface area (Å²) in [6.45, 7) is 8.13. The van der Waals surface area contributed by atoms with Crippen LogP contribution in [0.5, 0.6) is 0 Å². The molecule has 0 saturated heterocycles. The number of hydrogen-bond donors (Lipinski definition) is 1. The molecule has 2 aliphatic rings. The number of aromatic nitrogens is 1. The molecule has 4 rings (SSSR count). The lowest BCUT2D eigenvalue weighted by atomic mass is 10.2. The summed E-state index contributed by atoms with van der Waals surface area (Å²) < 4.78 is 0. The second-order valence-electron chi connectivity index (χ2n) is 6.72. The number of nitrogens with zero attached hydrogens (tertiary/aromatic N) is 4. The van der Waals surface area contributed by atoms with E-state index in [4.69, 9.17) is 0 Å². The van der Waals surface area contributed by atoms with Crippen LogP contribution in [0.1, 0.15) is 41.2 Å². The van der Waals surface area contributed by atoms with Crippen molar-refractivity contribution >= 4 is 33.8 Å². The monoisotopic (exact) mass is 369 g/mol. The fourth-order valence-corrected chi connectivity index (χ4v) is 4.33. The number of benzene rings is 1. The number of anilines is 2. The summed E-state index contributed by atoms with van der Waals surface area (Å²) in [7, 11) is 0. The molecule has 2 aromatic rings. The number of nitrogens with one attached hydrogen (secondary N) is 1. The van der Waals surface area contributed by atoms with Gasteiger partial charge in [-0.2, -0.15) is 5.10 Å². The normalized spacial score (nSPS) is 17.2. The number of likely N-dealkylation sites (N-methyl/N-ethyl adjacent to an activating group) is 1. The van der Waals surface area contributed by atoms with Gasteiger partial charge in [-0.15, -0.1) is 11.3 Å². The van der Waals surface area contributed by atoms with Crippen molar-refractivity contribution in [1.82, 2.24) is 9.88 Å². The van der Waals surface area contributed by atoms with E-state index >= 15 is 0 Å². The Kier molecular flexibility index (Phi) is 4.74. The summed E-state index contributed by atoms with van der Waals surface area (Å²) in [5.41, 5.74) is 3.92. The summed E-state index contributed by atoms with van der Waals surface area (Å²) in [6, 6.07) is 7.59. The molecule has 7 heteroatoms. The molecular formula is C19H23N5OS. The van der Waals surface area contributed by atoms with Crippen LogP contribution < -0.4 is 10.3 Å². The third kappa shape index (κ3) is 3.50.